The van der Waals surface area contributed by atoms with Crippen LogP contribution in [0.15, 0.2) is 24.3 Å². The predicted molar refractivity (Wildman–Crippen MR) is 68.1 cm³/mol. The molecule has 1 aromatic rings. The van der Waals surface area contributed by atoms with E-state index in [9.17, 15) is 5.11 Å². The van der Waals surface area contributed by atoms with E-state index in [0.717, 1.165) is 18.8 Å². The van der Waals surface area contributed by atoms with Crippen molar-refractivity contribution in [3.05, 3.63) is 29.8 Å². The fourth-order valence-electron chi connectivity index (χ4n) is 2.05. The average molecular weight is 235 g/mol. The third-order valence-electron chi connectivity index (χ3n) is 3.30. The van der Waals surface area contributed by atoms with E-state index in [-0.39, 0.29) is 12.0 Å². The number of hydrogen-bond acceptors (Lipinski definition) is 3. The second-order valence-corrected chi connectivity index (χ2v) is 4.95. The van der Waals surface area contributed by atoms with E-state index >= 15 is 0 Å². The van der Waals surface area contributed by atoms with Crippen molar-refractivity contribution in [2.75, 3.05) is 13.2 Å². The first-order valence-corrected chi connectivity index (χ1v) is 6.31. The van der Waals surface area contributed by atoms with Crippen LogP contribution in [0, 0.1) is 5.92 Å². The molecule has 0 fully saturated rings. The Hall–Kier alpha value is -1.06. The van der Waals surface area contributed by atoms with Gasteiger partial charge in [0, 0.05) is 24.6 Å². The summed E-state index contributed by atoms with van der Waals surface area (Å²) in [5.74, 6) is 1.26. The molecule has 0 aliphatic carbocycles. The standard InChI is InChI=1S/C14H21NO2/c1-10(2)13(16)9-15-12-7-8-17-14-6-4-3-5-11(12)14/h3-6,10,12-13,15-16H,7-9H2,1-2H3. The summed E-state index contributed by atoms with van der Waals surface area (Å²) in [4.78, 5) is 0. The fraction of sp³-hybridized carbons (Fsp3) is 0.571. The van der Waals surface area contributed by atoms with Crippen LogP contribution < -0.4 is 10.1 Å². The molecule has 0 aromatic heterocycles. The number of aliphatic hydroxyl groups is 1. The van der Waals surface area contributed by atoms with Crippen molar-refractivity contribution in [1.29, 1.82) is 0 Å². The van der Waals surface area contributed by atoms with Gasteiger partial charge in [0.05, 0.1) is 12.7 Å². The van der Waals surface area contributed by atoms with Crippen molar-refractivity contribution in [1.82, 2.24) is 5.32 Å². The first kappa shape index (κ1) is 12.4. The summed E-state index contributed by atoms with van der Waals surface area (Å²) in [7, 11) is 0. The minimum atomic E-state index is -0.287. The molecule has 0 radical (unpaired) electrons. The number of hydrogen-bond donors (Lipinski definition) is 2. The second kappa shape index (κ2) is 5.52. The van der Waals surface area contributed by atoms with Gasteiger partial charge in [-0.15, -0.1) is 0 Å². The third-order valence-corrected chi connectivity index (χ3v) is 3.30. The largest absolute Gasteiger partial charge is 0.493 e. The molecule has 1 aliphatic rings. The molecule has 3 heteroatoms. The number of para-hydroxylation sites is 1. The summed E-state index contributed by atoms with van der Waals surface area (Å²) in [5, 5.41) is 13.2. The molecule has 0 spiro atoms. The topological polar surface area (TPSA) is 41.5 Å². The number of nitrogens with one attached hydrogen (secondary N) is 1. The maximum atomic E-state index is 9.81. The number of ether oxygens (including phenoxy) is 1. The van der Waals surface area contributed by atoms with Crippen LogP contribution in [0.4, 0.5) is 0 Å². The first-order chi connectivity index (χ1) is 8.18. The summed E-state index contributed by atoms with van der Waals surface area (Å²) in [6.45, 7) is 5.44. The molecule has 0 saturated heterocycles. The number of fused-ring (bicyclic) bond motifs is 1. The van der Waals surface area contributed by atoms with Crippen LogP contribution in [0.1, 0.15) is 31.9 Å². The highest BCUT2D eigenvalue weighted by Crippen LogP contribution is 2.31. The van der Waals surface area contributed by atoms with Crippen LogP contribution in [0.25, 0.3) is 0 Å². The Morgan fingerprint density at radius 2 is 2.18 bits per heavy atom. The Bertz CT molecular complexity index is 365. The molecule has 17 heavy (non-hydrogen) atoms. The first-order valence-electron chi connectivity index (χ1n) is 6.31. The Labute approximate surface area is 103 Å². The van der Waals surface area contributed by atoms with E-state index < -0.39 is 0 Å². The monoisotopic (exact) mass is 235 g/mol. The van der Waals surface area contributed by atoms with Gasteiger partial charge in [-0.25, -0.2) is 0 Å². The van der Waals surface area contributed by atoms with Gasteiger partial charge in [0.15, 0.2) is 0 Å². The number of aliphatic hydroxyl groups excluding tert-OH is 1. The van der Waals surface area contributed by atoms with Crippen LogP contribution in [-0.4, -0.2) is 24.4 Å². The Morgan fingerprint density at radius 3 is 2.94 bits per heavy atom. The molecule has 3 nitrogen and oxygen atoms in total. The van der Waals surface area contributed by atoms with Gasteiger partial charge in [0.2, 0.25) is 0 Å². The highest BCUT2D eigenvalue weighted by Gasteiger charge is 2.21. The van der Waals surface area contributed by atoms with Gasteiger partial charge in [-0.05, 0) is 12.0 Å². The molecule has 0 bridgehead atoms. The van der Waals surface area contributed by atoms with Gasteiger partial charge in [-0.3, -0.25) is 0 Å². The van der Waals surface area contributed by atoms with Crippen LogP contribution in [-0.2, 0) is 0 Å². The number of benzene rings is 1. The molecular weight excluding hydrogens is 214 g/mol. The zero-order valence-corrected chi connectivity index (χ0v) is 10.5. The SMILES string of the molecule is CC(C)C(O)CNC1CCOc2ccccc21. The van der Waals surface area contributed by atoms with E-state index in [1.165, 1.54) is 5.56 Å². The molecule has 0 amide bonds. The van der Waals surface area contributed by atoms with Crippen molar-refractivity contribution >= 4 is 0 Å². The molecule has 0 saturated carbocycles. The highest BCUT2D eigenvalue weighted by atomic mass is 16.5. The van der Waals surface area contributed by atoms with Gasteiger partial charge in [0.1, 0.15) is 5.75 Å². The van der Waals surface area contributed by atoms with Crippen molar-refractivity contribution < 1.29 is 9.84 Å². The van der Waals surface area contributed by atoms with Gasteiger partial charge < -0.3 is 15.2 Å². The summed E-state index contributed by atoms with van der Waals surface area (Å²) >= 11 is 0. The molecule has 2 N–H and O–H groups in total. The zero-order chi connectivity index (χ0) is 12.3. The maximum absolute atomic E-state index is 9.81. The van der Waals surface area contributed by atoms with Crippen molar-refractivity contribution in [3.8, 4) is 5.75 Å². The highest BCUT2D eigenvalue weighted by molar-refractivity contribution is 5.37. The van der Waals surface area contributed by atoms with Crippen molar-refractivity contribution in [2.45, 2.75) is 32.4 Å². The van der Waals surface area contributed by atoms with Crippen LogP contribution in [0.5, 0.6) is 5.75 Å². The minimum Gasteiger partial charge on any atom is -0.493 e. The average Bonchev–Trinajstić information content (AvgIpc) is 2.35. The Morgan fingerprint density at radius 1 is 1.41 bits per heavy atom. The lowest BCUT2D eigenvalue weighted by molar-refractivity contribution is 0.116. The molecule has 2 rings (SSSR count). The van der Waals surface area contributed by atoms with E-state index in [0.29, 0.717) is 12.6 Å². The molecule has 2 atom stereocenters. The minimum absolute atomic E-state index is 0.287. The lowest BCUT2D eigenvalue weighted by Gasteiger charge is -2.28. The Balaban J connectivity index is 1.99. The normalized spacial score (nSPS) is 20.8. The molecule has 1 aliphatic heterocycles. The van der Waals surface area contributed by atoms with E-state index in [1.807, 2.05) is 32.0 Å². The van der Waals surface area contributed by atoms with Gasteiger partial charge >= 0.3 is 0 Å². The smallest absolute Gasteiger partial charge is 0.124 e. The molecule has 1 heterocycles. The molecular formula is C14H21NO2. The molecule has 2 unspecified atom stereocenters. The number of rotatable bonds is 4. The molecule has 94 valence electrons. The van der Waals surface area contributed by atoms with Crippen LogP contribution >= 0.6 is 0 Å². The summed E-state index contributed by atoms with van der Waals surface area (Å²) in [6.07, 6.45) is 0.673. The van der Waals surface area contributed by atoms with Crippen LogP contribution in [0.2, 0.25) is 0 Å². The third kappa shape index (κ3) is 2.99. The Kier molecular flexibility index (Phi) is 4.02. The van der Waals surface area contributed by atoms with Crippen molar-refractivity contribution in [3.63, 3.8) is 0 Å². The quantitative estimate of drug-likeness (QED) is 0.840. The van der Waals surface area contributed by atoms with Crippen LogP contribution in [0.3, 0.4) is 0 Å². The molecule has 1 aromatic carbocycles. The lowest BCUT2D eigenvalue weighted by atomic mass is 9.99. The zero-order valence-electron chi connectivity index (χ0n) is 10.5. The van der Waals surface area contributed by atoms with Gasteiger partial charge in [0.25, 0.3) is 0 Å². The van der Waals surface area contributed by atoms with Gasteiger partial charge in [-0.2, -0.15) is 0 Å². The van der Waals surface area contributed by atoms with E-state index in [4.69, 9.17) is 4.74 Å². The fourth-order valence-corrected chi connectivity index (χ4v) is 2.05. The van der Waals surface area contributed by atoms with E-state index in [2.05, 4.69) is 11.4 Å². The maximum Gasteiger partial charge on any atom is 0.124 e. The second-order valence-electron chi connectivity index (χ2n) is 4.95. The van der Waals surface area contributed by atoms with E-state index in [1.54, 1.807) is 0 Å². The summed E-state index contributed by atoms with van der Waals surface area (Å²) < 4.78 is 5.61. The van der Waals surface area contributed by atoms with Crippen molar-refractivity contribution in [2.24, 2.45) is 5.92 Å². The lowest BCUT2D eigenvalue weighted by Crippen LogP contribution is -2.35. The summed E-state index contributed by atoms with van der Waals surface area (Å²) in [6, 6.07) is 8.41. The predicted octanol–water partition coefficient (Wildman–Crippen LogP) is 2.12. The summed E-state index contributed by atoms with van der Waals surface area (Å²) in [5.41, 5.74) is 1.20. The van der Waals surface area contributed by atoms with Gasteiger partial charge in [-0.1, -0.05) is 32.0 Å².